The molecule has 1 aromatic heterocycles. The van der Waals surface area contributed by atoms with Crippen LogP contribution in [0.2, 0.25) is 0 Å². The largest absolute Gasteiger partial charge is 0.422 e. The van der Waals surface area contributed by atoms with Crippen molar-refractivity contribution in [2.45, 2.75) is 6.54 Å². The van der Waals surface area contributed by atoms with Gasteiger partial charge in [0.1, 0.15) is 12.6 Å². The van der Waals surface area contributed by atoms with E-state index in [9.17, 15) is 14.9 Å². The summed E-state index contributed by atoms with van der Waals surface area (Å²) in [6.45, 7) is 3.09. The van der Waals surface area contributed by atoms with Gasteiger partial charge in [-0.2, -0.15) is 10.2 Å². The molecule has 0 saturated carbocycles. The Morgan fingerprint density at radius 1 is 1.12 bits per heavy atom. The van der Waals surface area contributed by atoms with Crippen LogP contribution < -0.4 is 4.90 Å². The average molecular weight is 351 g/mol. The van der Waals surface area contributed by atoms with E-state index in [4.69, 9.17) is 4.42 Å². The Bertz CT molecular complexity index is 886. The third-order valence-electron chi connectivity index (χ3n) is 4.72. The lowest BCUT2D eigenvalue weighted by Crippen LogP contribution is -2.44. The van der Waals surface area contributed by atoms with Gasteiger partial charge >= 0.3 is 0 Å². The molecule has 2 amide bonds. The van der Waals surface area contributed by atoms with Gasteiger partial charge in [-0.1, -0.05) is 12.1 Å². The molecule has 132 valence electrons. The van der Waals surface area contributed by atoms with Gasteiger partial charge in [-0.3, -0.25) is 14.5 Å². The highest BCUT2D eigenvalue weighted by Crippen LogP contribution is 2.27. The van der Waals surface area contributed by atoms with E-state index in [1.165, 1.54) is 0 Å². The minimum atomic E-state index is -0.372. The Kier molecular flexibility index (Phi) is 3.93. The van der Waals surface area contributed by atoms with Crippen molar-refractivity contribution in [3.05, 3.63) is 47.0 Å². The van der Waals surface area contributed by atoms with E-state index >= 15 is 0 Å². The van der Waals surface area contributed by atoms with Crippen LogP contribution in [0.1, 0.15) is 32.3 Å². The number of rotatable bonds is 3. The lowest BCUT2D eigenvalue weighted by atomic mass is 10.1. The number of carbonyl (C=O) groups is 2. The molecule has 0 bridgehead atoms. The average Bonchev–Trinajstić information content (AvgIpc) is 3.18. The minimum Gasteiger partial charge on any atom is -0.422 e. The third-order valence-corrected chi connectivity index (χ3v) is 4.72. The standard InChI is InChI=1S/C18H17N5O3/c1-21-6-8-22(9-7-21)18-14(10-19)20-15(26-18)11-23-16(24)12-4-2-3-5-13(12)17(23)25/h2-5H,6-9,11H2,1H3. The zero-order valence-electron chi connectivity index (χ0n) is 14.3. The van der Waals surface area contributed by atoms with E-state index < -0.39 is 0 Å². The van der Waals surface area contributed by atoms with Crippen molar-refractivity contribution in [1.29, 1.82) is 5.26 Å². The fourth-order valence-corrected chi connectivity index (χ4v) is 3.24. The summed E-state index contributed by atoms with van der Waals surface area (Å²) in [5.74, 6) is -0.149. The van der Waals surface area contributed by atoms with Crippen molar-refractivity contribution < 1.29 is 14.0 Å². The summed E-state index contributed by atoms with van der Waals surface area (Å²) in [5.41, 5.74) is 0.939. The van der Waals surface area contributed by atoms with Gasteiger partial charge in [0, 0.05) is 26.2 Å². The van der Waals surface area contributed by atoms with Crippen LogP contribution in [0.15, 0.2) is 28.7 Å². The Morgan fingerprint density at radius 3 is 2.31 bits per heavy atom. The van der Waals surface area contributed by atoms with Crippen LogP contribution in [0.5, 0.6) is 0 Å². The van der Waals surface area contributed by atoms with E-state index in [0.29, 0.717) is 17.0 Å². The highest BCUT2D eigenvalue weighted by atomic mass is 16.4. The van der Waals surface area contributed by atoms with Crippen molar-refractivity contribution in [3.63, 3.8) is 0 Å². The number of anilines is 1. The number of fused-ring (bicyclic) bond motifs is 1. The van der Waals surface area contributed by atoms with E-state index in [2.05, 4.69) is 9.88 Å². The van der Waals surface area contributed by atoms with Gasteiger partial charge < -0.3 is 14.2 Å². The molecule has 3 heterocycles. The predicted octanol–water partition coefficient (Wildman–Crippen LogP) is 1.09. The Balaban J connectivity index is 1.58. The van der Waals surface area contributed by atoms with Crippen LogP contribution in [-0.2, 0) is 6.54 Å². The highest BCUT2D eigenvalue weighted by molar-refractivity contribution is 6.21. The zero-order valence-corrected chi connectivity index (χ0v) is 14.3. The Labute approximate surface area is 150 Å². The van der Waals surface area contributed by atoms with Crippen molar-refractivity contribution in [3.8, 4) is 6.07 Å². The summed E-state index contributed by atoms with van der Waals surface area (Å²) in [6.07, 6.45) is 0. The molecule has 26 heavy (non-hydrogen) atoms. The van der Waals surface area contributed by atoms with Crippen LogP contribution in [0.25, 0.3) is 0 Å². The normalized spacial score (nSPS) is 17.5. The number of imide groups is 1. The number of likely N-dealkylation sites (N-methyl/N-ethyl adjacent to an activating group) is 1. The molecule has 4 rings (SSSR count). The summed E-state index contributed by atoms with van der Waals surface area (Å²) in [7, 11) is 2.04. The fraction of sp³-hybridized carbons (Fsp3) is 0.333. The number of amides is 2. The van der Waals surface area contributed by atoms with Crippen molar-refractivity contribution in [2.75, 3.05) is 38.1 Å². The number of carbonyl (C=O) groups excluding carboxylic acids is 2. The van der Waals surface area contributed by atoms with Gasteiger partial charge in [0.05, 0.1) is 11.1 Å². The maximum Gasteiger partial charge on any atom is 0.262 e. The number of benzene rings is 1. The highest BCUT2D eigenvalue weighted by Gasteiger charge is 2.36. The van der Waals surface area contributed by atoms with Crippen LogP contribution in [0.3, 0.4) is 0 Å². The number of nitriles is 1. The summed E-state index contributed by atoms with van der Waals surface area (Å²) in [5, 5.41) is 9.36. The van der Waals surface area contributed by atoms with Gasteiger partial charge in [-0.15, -0.1) is 0 Å². The molecule has 8 heteroatoms. The first-order chi connectivity index (χ1) is 12.6. The molecule has 0 N–H and O–H groups in total. The van der Waals surface area contributed by atoms with E-state index in [1.54, 1.807) is 24.3 Å². The molecule has 2 aromatic rings. The van der Waals surface area contributed by atoms with Crippen molar-refractivity contribution in [1.82, 2.24) is 14.8 Å². The van der Waals surface area contributed by atoms with E-state index in [0.717, 1.165) is 31.1 Å². The van der Waals surface area contributed by atoms with Crippen molar-refractivity contribution in [2.24, 2.45) is 0 Å². The van der Waals surface area contributed by atoms with Gasteiger partial charge in [0.15, 0.2) is 0 Å². The molecule has 1 fully saturated rings. The first-order valence-electron chi connectivity index (χ1n) is 8.37. The number of hydrogen-bond acceptors (Lipinski definition) is 7. The first kappa shape index (κ1) is 16.3. The van der Waals surface area contributed by atoms with Crippen LogP contribution in [-0.4, -0.2) is 59.8 Å². The summed E-state index contributed by atoms with van der Waals surface area (Å²) in [4.78, 5) is 34.4. The number of oxazole rings is 1. The zero-order chi connectivity index (χ0) is 18.3. The molecule has 8 nitrogen and oxygen atoms in total. The van der Waals surface area contributed by atoms with Gasteiger partial charge in [-0.25, -0.2) is 0 Å². The van der Waals surface area contributed by atoms with E-state index in [-0.39, 0.29) is 29.9 Å². The summed E-state index contributed by atoms with van der Waals surface area (Å²) in [6, 6.07) is 8.73. The molecular weight excluding hydrogens is 334 g/mol. The molecular formula is C18H17N5O3. The van der Waals surface area contributed by atoms with Crippen LogP contribution >= 0.6 is 0 Å². The van der Waals surface area contributed by atoms with E-state index in [1.807, 2.05) is 18.0 Å². The molecule has 1 aromatic carbocycles. The van der Waals surface area contributed by atoms with Crippen molar-refractivity contribution >= 4 is 17.7 Å². The molecule has 0 atom stereocenters. The van der Waals surface area contributed by atoms with Crippen LogP contribution in [0.4, 0.5) is 5.88 Å². The number of piperazine rings is 1. The fourth-order valence-electron chi connectivity index (χ4n) is 3.24. The second-order valence-corrected chi connectivity index (χ2v) is 6.41. The lowest BCUT2D eigenvalue weighted by Gasteiger charge is -2.31. The Morgan fingerprint density at radius 2 is 1.73 bits per heavy atom. The molecule has 0 radical (unpaired) electrons. The maximum absolute atomic E-state index is 12.5. The topological polar surface area (TPSA) is 93.7 Å². The number of nitrogens with zero attached hydrogens (tertiary/aromatic N) is 5. The second-order valence-electron chi connectivity index (χ2n) is 6.41. The maximum atomic E-state index is 12.5. The Hall–Kier alpha value is -3.18. The molecule has 0 unspecified atom stereocenters. The molecule has 1 saturated heterocycles. The van der Waals surface area contributed by atoms with Gasteiger partial charge in [0.25, 0.3) is 11.8 Å². The summed E-state index contributed by atoms with van der Waals surface area (Å²) >= 11 is 0. The van der Waals surface area contributed by atoms with Crippen LogP contribution in [0, 0.1) is 11.3 Å². The van der Waals surface area contributed by atoms with Gasteiger partial charge in [-0.05, 0) is 19.2 Å². The predicted molar refractivity (Wildman–Crippen MR) is 91.6 cm³/mol. The number of hydrogen-bond donors (Lipinski definition) is 0. The smallest absolute Gasteiger partial charge is 0.262 e. The second kappa shape index (κ2) is 6.28. The minimum absolute atomic E-state index is 0.0885. The van der Waals surface area contributed by atoms with Gasteiger partial charge in [0.2, 0.25) is 17.5 Å². The lowest BCUT2D eigenvalue weighted by molar-refractivity contribution is 0.0628. The quantitative estimate of drug-likeness (QED) is 0.764. The number of aromatic nitrogens is 1. The molecule has 0 aliphatic carbocycles. The monoisotopic (exact) mass is 351 g/mol. The molecule has 2 aliphatic heterocycles. The molecule has 2 aliphatic rings. The SMILES string of the molecule is CN1CCN(c2oc(CN3C(=O)c4ccccc4C3=O)nc2C#N)CC1. The third kappa shape index (κ3) is 2.62. The summed E-state index contributed by atoms with van der Waals surface area (Å²) < 4.78 is 5.77. The molecule has 0 spiro atoms. The first-order valence-corrected chi connectivity index (χ1v) is 8.37.